The molecule has 0 radical (unpaired) electrons. The van der Waals surface area contributed by atoms with E-state index in [-0.39, 0.29) is 14.6 Å². The van der Waals surface area contributed by atoms with Crippen molar-refractivity contribution >= 4 is 10.0 Å². The number of hydrogen-bond acceptors (Lipinski definition) is 1. The summed E-state index contributed by atoms with van der Waals surface area (Å²) in [5.74, 6) is 1.62. The largest absolute Gasteiger partial charge is 0 e. The molecule has 0 heterocycles. The third-order valence-corrected chi connectivity index (χ3v) is 7.86. The minimum Gasteiger partial charge on any atom is 0 e. The summed E-state index contributed by atoms with van der Waals surface area (Å²) in [7, 11) is 0. The van der Waals surface area contributed by atoms with Crippen LogP contribution in [0, 0.1) is 13.8 Å². The topological polar surface area (TPSA) is 17.1 Å². The Morgan fingerprint density at radius 1 is 0.919 bits per heavy atom. The van der Waals surface area contributed by atoms with Crippen LogP contribution in [-0.4, -0.2) is 10.0 Å². The quantitative estimate of drug-likeness (QED) is 0.239. The Morgan fingerprint density at radius 2 is 1.43 bits per heavy atom. The third-order valence-electron chi connectivity index (χ3n) is 7.37. The van der Waals surface area contributed by atoms with E-state index in [0.717, 1.165) is 18.4 Å². The minimum atomic E-state index is 0. The van der Waals surface area contributed by atoms with Crippen molar-refractivity contribution in [1.29, 1.82) is 0 Å². The van der Waals surface area contributed by atoms with Crippen LogP contribution in [0.15, 0.2) is 54.1 Å². The first-order chi connectivity index (χ1) is 17.3. The molecule has 0 atom stereocenters. The van der Waals surface area contributed by atoms with Gasteiger partial charge in [0, 0.05) is 13.4 Å². The molecule has 0 unspecified atom stereocenters. The summed E-state index contributed by atoms with van der Waals surface area (Å²) in [6.07, 6.45) is 11.0. The van der Waals surface area contributed by atoms with Crippen LogP contribution in [0.25, 0.3) is 0 Å². The van der Waals surface area contributed by atoms with Gasteiger partial charge in [-0.05, 0) is 106 Å². The first kappa shape index (κ1) is 35.3. The second kappa shape index (κ2) is 19.4. The van der Waals surface area contributed by atoms with E-state index in [1.165, 1.54) is 64.2 Å². The first-order valence-corrected chi connectivity index (χ1v) is 14.8. The molecule has 2 heteroatoms. The van der Waals surface area contributed by atoms with Crippen molar-refractivity contribution in [3.63, 3.8) is 0 Å². The number of hydrogen-bond donors (Lipinski definition) is 0. The Bertz CT molecular complexity index is 983. The van der Waals surface area contributed by atoms with Gasteiger partial charge in [0.2, 0.25) is 0 Å². The summed E-state index contributed by atoms with van der Waals surface area (Å²) in [6, 6.07) is 15.3. The first-order valence-electron chi connectivity index (χ1n) is 14.1. The molecule has 1 aliphatic rings. The predicted octanol–water partition coefficient (Wildman–Crippen LogP) is 11.1. The third kappa shape index (κ3) is 12.1. The molecule has 3 rings (SSSR count). The van der Waals surface area contributed by atoms with Crippen LogP contribution in [0.3, 0.4) is 0 Å². The van der Waals surface area contributed by atoms with Crippen LogP contribution in [0.1, 0.15) is 146 Å². The van der Waals surface area contributed by atoms with E-state index in [1.807, 2.05) is 13.8 Å². The fourth-order valence-corrected chi connectivity index (χ4v) is 4.88. The van der Waals surface area contributed by atoms with E-state index in [0.29, 0.717) is 18.3 Å². The summed E-state index contributed by atoms with van der Waals surface area (Å²) in [5, 5.41) is 0. The molecular formula is C35H56OV. The van der Waals surface area contributed by atoms with Crippen molar-refractivity contribution < 1.29 is 23.2 Å². The Labute approximate surface area is 240 Å². The SMILES string of the molecule is C.C/C=C(\C)CCCC(=O)c1ccc(C2CCC(c3ccccc3C)CC2)c(C)c1.CC.CC[C](C)=[V].[HH]. The van der Waals surface area contributed by atoms with Crippen molar-refractivity contribution in [2.45, 2.75) is 126 Å². The number of aryl methyl sites for hydroxylation is 2. The van der Waals surface area contributed by atoms with Crippen LogP contribution >= 0.6 is 0 Å². The molecule has 1 aliphatic carbocycles. The summed E-state index contributed by atoms with van der Waals surface area (Å²) in [6.45, 7) is 16.9. The monoisotopic (exact) mass is 543 g/mol. The molecule has 0 N–H and O–H groups in total. The second-order valence-corrected chi connectivity index (χ2v) is 11.2. The van der Waals surface area contributed by atoms with Crippen LogP contribution in [0.4, 0.5) is 0 Å². The summed E-state index contributed by atoms with van der Waals surface area (Å²) >= 11 is 2.52. The number of allylic oxidation sites excluding steroid dienone is 2. The van der Waals surface area contributed by atoms with E-state index < -0.39 is 0 Å². The number of ketones is 1. The fourth-order valence-electron chi connectivity index (χ4n) is 4.88. The normalized spacial score (nSPS) is 16.8. The maximum Gasteiger partial charge on any atom is 0 e. The fraction of sp³-hybridized carbons (Fsp3) is 0.543. The molecule has 1 fully saturated rings. The van der Waals surface area contributed by atoms with E-state index in [9.17, 15) is 4.79 Å². The maximum atomic E-state index is 12.6. The van der Waals surface area contributed by atoms with Crippen LogP contribution in [0.2, 0.25) is 0 Å². The Kier molecular flexibility index (Phi) is 18.5. The van der Waals surface area contributed by atoms with Gasteiger partial charge in [0.05, 0.1) is 0 Å². The average molecular weight is 544 g/mol. The Morgan fingerprint density at radius 3 is 1.89 bits per heavy atom. The average Bonchev–Trinajstić information content (AvgIpc) is 2.90. The zero-order valence-electron chi connectivity index (χ0n) is 24.3. The standard InChI is InChI=1S/C28H36O.C4H8.C2H6.CH4.V.H2/c1-5-20(2)9-8-12-28(29)25-17-18-27(22(4)19-25)24-15-13-23(14-16-24)26-11-7-6-10-21(26)3;1-3-4-2;1-2;;;/h5-7,10-11,17-19,23-24H,8-9,12-16H2,1-4H3;3H2,1-2H3;1-2H3;1H4;;1H/b20-5+;;;;;. The molecule has 0 saturated heterocycles. The molecule has 0 bridgehead atoms. The smallest absolute Gasteiger partial charge is 0 e. The van der Waals surface area contributed by atoms with Crippen LogP contribution in [-0.2, 0) is 17.0 Å². The summed E-state index contributed by atoms with van der Waals surface area (Å²) < 4.78 is 1.44. The predicted molar refractivity (Wildman–Crippen MR) is 165 cm³/mol. The molecule has 207 valence electrons. The minimum absolute atomic E-state index is 0. The molecule has 37 heavy (non-hydrogen) atoms. The molecular weight excluding hydrogens is 487 g/mol. The number of carbonyl (C=O) groups is 1. The molecule has 2 aromatic carbocycles. The second-order valence-electron chi connectivity index (χ2n) is 9.98. The van der Waals surface area contributed by atoms with Gasteiger partial charge >= 0.3 is 41.5 Å². The molecule has 0 amide bonds. The number of rotatable bonds is 8. The summed E-state index contributed by atoms with van der Waals surface area (Å²) in [4.78, 5) is 12.6. The van der Waals surface area contributed by atoms with Gasteiger partial charge in [0.1, 0.15) is 0 Å². The van der Waals surface area contributed by atoms with Crippen molar-refractivity contribution in [3.8, 4) is 0 Å². The van der Waals surface area contributed by atoms with Gasteiger partial charge in [-0.25, -0.2) is 0 Å². The van der Waals surface area contributed by atoms with Crippen molar-refractivity contribution in [3.05, 3.63) is 81.9 Å². The number of carbonyl (C=O) groups excluding carboxylic acids is 1. The van der Waals surface area contributed by atoms with E-state index >= 15 is 0 Å². The molecule has 0 aromatic heterocycles. The van der Waals surface area contributed by atoms with Crippen molar-refractivity contribution in [2.75, 3.05) is 0 Å². The molecule has 1 saturated carbocycles. The molecule has 0 spiro atoms. The summed E-state index contributed by atoms with van der Waals surface area (Å²) in [5.41, 5.74) is 7.97. The molecule has 2 aromatic rings. The zero-order chi connectivity index (χ0) is 27.1. The van der Waals surface area contributed by atoms with Gasteiger partial charge in [-0.1, -0.05) is 69.3 Å². The van der Waals surface area contributed by atoms with E-state index in [4.69, 9.17) is 0 Å². The van der Waals surface area contributed by atoms with Crippen LogP contribution in [0.5, 0.6) is 0 Å². The van der Waals surface area contributed by atoms with Gasteiger partial charge in [0.15, 0.2) is 5.78 Å². The van der Waals surface area contributed by atoms with Gasteiger partial charge in [-0.2, -0.15) is 0 Å². The van der Waals surface area contributed by atoms with E-state index in [1.54, 1.807) is 0 Å². The zero-order valence-corrected chi connectivity index (χ0v) is 25.7. The van der Waals surface area contributed by atoms with Crippen molar-refractivity contribution in [1.82, 2.24) is 0 Å². The van der Waals surface area contributed by atoms with Gasteiger partial charge in [-0.15, -0.1) is 0 Å². The Hall–Kier alpha value is -1.70. The molecule has 1 nitrogen and oxygen atoms in total. The Balaban J connectivity index is 0. The number of benzene rings is 2. The van der Waals surface area contributed by atoms with Crippen molar-refractivity contribution in [2.24, 2.45) is 0 Å². The van der Waals surface area contributed by atoms with Gasteiger partial charge < -0.3 is 0 Å². The van der Waals surface area contributed by atoms with E-state index in [2.05, 4.69) is 107 Å². The van der Waals surface area contributed by atoms with Gasteiger partial charge in [-0.3, -0.25) is 4.79 Å². The maximum absolute atomic E-state index is 12.6. The van der Waals surface area contributed by atoms with Gasteiger partial charge in [0.25, 0.3) is 0 Å². The van der Waals surface area contributed by atoms with Crippen LogP contribution < -0.4 is 0 Å². The number of Topliss-reactive ketones (excluding diaryl/α,β-unsaturated/α-hetero) is 1. The molecule has 0 aliphatic heterocycles.